The van der Waals surface area contributed by atoms with Gasteiger partial charge in [0.25, 0.3) is 0 Å². The van der Waals surface area contributed by atoms with Crippen LogP contribution in [0.2, 0.25) is 5.02 Å². The number of hydrogen-bond donors (Lipinski definition) is 0. The first kappa shape index (κ1) is 15.5. The molecule has 0 bridgehead atoms. The molecule has 0 saturated carbocycles. The van der Waals surface area contributed by atoms with Gasteiger partial charge < -0.3 is 9.47 Å². The molecule has 3 nitrogen and oxygen atoms in total. The van der Waals surface area contributed by atoms with Gasteiger partial charge in [0, 0.05) is 19.2 Å². The van der Waals surface area contributed by atoms with Gasteiger partial charge in [-0.05, 0) is 19.2 Å². The molecule has 2 aromatic rings. The molecule has 0 atom stereocenters. The number of hydrogen-bond acceptors (Lipinski definition) is 2. The molecule has 0 aliphatic rings. The van der Waals surface area contributed by atoms with Crippen molar-refractivity contribution in [3.8, 4) is 0 Å². The van der Waals surface area contributed by atoms with E-state index >= 15 is 0 Å². The van der Waals surface area contributed by atoms with Crippen LogP contribution in [-0.2, 0) is 12.4 Å². The number of fused-ring (bicyclic) bond motifs is 1. The molecule has 0 saturated heterocycles. The van der Waals surface area contributed by atoms with Crippen LogP contribution in [0.5, 0.6) is 0 Å². The molecule has 0 spiro atoms. The first-order valence-electron chi connectivity index (χ1n) is 6.73. The molecular weight excluding hydrogens is 300 g/mol. The lowest BCUT2D eigenvalue weighted by molar-refractivity contribution is 0.291. The Hall–Kier alpha value is -0.840. The number of halogens is 3. The highest BCUT2D eigenvalue weighted by atomic mass is 35.5. The summed E-state index contributed by atoms with van der Waals surface area (Å²) >= 11 is 11.8. The lowest BCUT2D eigenvalue weighted by atomic mass is 10.3. The maximum Gasteiger partial charge on any atom is 0.144 e. The fourth-order valence-electron chi connectivity index (χ4n) is 2.30. The van der Waals surface area contributed by atoms with E-state index in [1.54, 1.807) is 6.07 Å². The minimum absolute atomic E-state index is 0.114. The number of imidazole rings is 1. The largest absolute Gasteiger partial charge is 0.326 e. The van der Waals surface area contributed by atoms with Crippen molar-refractivity contribution in [1.29, 1.82) is 0 Å². The zero-order valence-electron chi connectivity index (χ0n) is 11.7. The standard InChI is InChI=1S/C14H18Cl2FN3/c1-3-19(4-2)5-6-20-13-7-10(16)11(17)8-12(13)18-14(20)9-15/h7-8H,3-6,9H2,1-2H3. The van der Waals surface area contributed by atoms with Crippen molar-refractivity contribution >= 4 is 34.2 Å². The minimum Gasteiger partial charge on any atom is -0.326 e. The monoisotopic (exact) mass is 317 g/mol. The van der Waals surface area contributed by atoms with Gasteiger partial charge in [-0.25, -0.2) is 9.37 Å². The average molecular weight is 318 g/mol. The van der Waals surface area contributed by atoms with Crippen LogP contribution in [0.4, 0.5) is 4.39 Å². The highest BCUT2D eigenvalue weighted by Crippen LogP contribution is 2.24. The van der Waals surface area contributed by atoms with E-state index in [1.807, 2.05) is 4.57 Å². The van der Waals surface area contributed by atoms with E-state index in [0.717, 1.165) is 37.5 Å². The zero-order valence-corrected chi connectivity index (χ0v) is 13.2. The van der Waals surface area contributed by atoms with E-state index in [-0.39, 0.29) is 5.02 Å². The van der Waals surface area contributed by atoms with Crippen molar-refractivity contribution in [2.75, 3.05) is 19.6 Å². The Morgan fingerprint density at radius 2 is 2.00 bits per heavy atom. The number of nitrogens with zero attached hydrogens (tertiary/aromatic N) is 3. The summed E-state index contributed by atoms with van der Waals surface area (Å²) in [6.45, 7) is 7.91. The molecule has 0 radical (unpaired) electrons. The molecule has 2 rings (SSSR count). The Morgan fingerprint density at radius 3 is 2.60 bits per heavy atom. The topological polar surface area (TPSA) is 21.1 Å². The zero-order chi connectivity index (χ0) is 14.7. The van der Waals surface area contributed by atoms with Gasteiger partial charge in [-0.3, -0.25) is 0 Å². The summed E-state index contributed by atoms with van der Waals surface area (Å²) in [6, 6.07) is 2.99. The Kier molecular flexibility index (Phi) is 5.24. The van der Waals surface area contributed by atoms with Crippen LogP contribution in [0.25, 0.3) is 11.0 Å². The molecule has 1 heterocycles. The summed E-state index contributed by atoms with van der Waals surface area (Å²) < 4.78 is 15.5. The molecule has 0 fully saturated rings. The maximum absolute atomic E-state index is 13.5. The fourth-order valence-corrected chi connectivity index (χ4v) is 2.66. The van der Waals surface area contributed by atoms with Gasteiger partial charge in [0.05, 0.1) is 21.9 Å². The van der Waals surface area contributed by atoms with Crippen LogP contribution < -0.4 is 0 Å². The first-order chi connectivity index (χ1) is 9.60. The highest BCUT2D eigenvalue weighted by Gasteiger charge is 2.13. The second-order valence-corrected chi connectivity index (χ2v) is 5.27. The Morgan fingerprint density at radius 1 is 1.30 bits per heavy atom. The van der Waals surface area contributed by atoms with E-state index in [4.69, 9.17) is 23.2 Å². The molecule has 0 aliphatic heterocycles. The number of likely N-dealkylation sites (N-methyl/N-ethyl adjacent to an activating group) is 1. The summed E-state index contributed by atoms with van der Waals surface area (Å²) in [7, 11) is 0. The number of rotatable bonds is 6. The SMILES string of the molecule is CCN(CC)CCn1c(CCl)nc2cc(F)c(Cl)cc21. The van der Waals surface area contributed by atoms with E-state index in [2.05, 4.69) is 23.7 Å². The Balaban J connectivity index is 2.37. The normalized spacial score (nSPS) is 11.7. The predicted octanol–water partition coefficient (Wildman–Crippen LogP) is 3.91. The number of alkyl halides is 1. The lowest BCUT2D eigenvalue weighted by Crippen LogP contribution is -2.27. The molecule has 1 aromatic carbocycles. The fraction of sp³-hybridized carbons (Fsp3) is 0.500. The predicted molar refractivity (Wildman–Crippen MR) is 82.0 cm³/mol. The molecular formula is C14H18Cl2FN3. The second kappa shape index (κ2) is 6.74. The van der Waals surface area contributed by atoms with Crippen LogP contribution in [0.1, 0.15) is 19.7 Å². The van der Waals surface area contributed by atoms with E-state index < -0.39 is 5.82 Å². The van der Waals surface area contributed by atoms with Crippen LogP contribution in [0, 0.1) is 5.82 Å². The molecule has 110 valence electrons. The molecule has 0 N–H and O–H groups in total. The number of aromatic nitrogens is 2. The summed E-state index contributed by atoms with van der Waals surface area (Å²) in [5.41, 5.74) is 1.43. The molecule has 0 aliphatic carbocycles. The summed E-state index contributed by atoms with van der Waals surface area (Å²) in [6.07, 6.45) is 0. The number of benzene rings is 1. The lowest BCUT2D eigenvalue weighted by Gasteiger charge is -2.19. The molecule has 1 aromatic heterocycles. The minimum atomic E-state index is -0.450. The van der Waals surface area contributed by atoms with E-state index in [1.165, 1.54) is 6.07 Å². The van der Waals surface area contributed by atoms with E-state index in [9.17, 15) is 4.39 Å². The Bertz CT molecular complexity index is 594. The third kappa shape index (κ3) is 3.08. The summed E-state index contributed by atoms with van der Waals surface area (Å²) in [4.78, 5) is 6.69. The van der Waals surface area contributed by atoms with Gasteiger partial charge in [0.15, 0.2) is 0 Å². The second-order valence-electron chi connectivity index (χ2n) is 4.60. The van der Waals surface area contributed by atoms with Gasteiger partial charge in [0.1, 0.15) is 11.6 Å². The van der Waals surface area contributed by atoms with Crippen LogP contribution >= 0.6 is 23.2 Å². The quantitative estimate of drug-likeness (QED) is 0.753. The van der Waals surface area contributed by atoms with Crippen molar-refractivity contribution in [3.63, 3.8) is 0 Å². The van der Waals surface area contributed by atoms with Crippen molar-refractivity contribution in [1.82, 2.24) is 14.5 Å². The van der Waals surface area contributed by atoms with Crippen LogP contribution in [-0.4, -0.2) is 34.1 Å². The Labute approximate surface area is 128 Å². The third-order valence-electron chi connectivity index (χ3n) is 3.52. The van der Waals surface area contributed by atoms with Gasteiger partial charge in [-0.2, -0.15) is 0 Å². The third-order valence-corrected chi connectivity index (χ3v) is 4.05. The van der Waals surface area contributed by atoms with Crippen molar-refractivity contribution < 1.29 is 4.39 Å². The molecule has 0 unspecified atom stereocenters. The van der Waals surface area contributed by atoms with Gasteiger partial charge >= 0.3 is 0 Å². The van der Waals surface area contributed by atoms with Crippen LogP contribution in [0.3, 0.4) is 0 Å². The van der Waals surface area contributed by atoms with Crippen molar-refractivity contribution in [2.24, 2.45) is 0 Å². The molecule has 6 heteroatoms. The first-order valence-corrected chi connectivity index (χ1v) is 7.64. The van der Waals surface area contributed by atoms with Crippen molar-refractivity contribution in [3.05, 3.63) is 28.8 Å². The van der Waals surface area contributed by atoms with Gasteiger partial charge in [-0.15, -0.1) is 11.6 Å². The summed E-state index contributed by atoms with van der Waals surface area (Å²) in [5.74, 6) is 0.593. The maximum atomic E-state index is 13.5. The van der Waals surface area contributed by atoms with Gasteiger partial charge in [-0.1, -0.05) is 25.4 Å². The van der Waals surface area contributed by atoms with Crippen molar-refractivity contribution in [2.45, 2.75) is 26.3 Å². The molecule has 0 amide bonds. The average Bonchev–Trinajstić information content (AvgIpc) is 2.78. The van der Waals surface area contributed by atoms with Gasteiger partial charge in [0.2, 0.25) is 0 Å². The molecule has 20 heavy (non-hydrogen) atoms. The van der Waals surface area contributed by atoms with Crippen LogP contribution in [0.15, 0.2) is 12.1 Å². The highest BCUT2D eigenvalue weighted by molar-refractivity contribution is 6.31. The smallest absolute Gasteiger partial charge is 0.144 e. The summed E-state index contributed by atoms with van der Waals surface area (Å²) in [5, 5.41) is 0.114. The van der Waals surface area contributed by atoms with E-state index in [0.29, 0.717) is 11.4 Å².